The zero-order valence-corrected chi connectivity index (χ0v) is 14.2. The fourth-order valence-electron chi connectivity index (χ4n) is 1.54. The lowest BCUT2D eigenvalue weighted by Gasteiger charge is -2.04. The highest BCUT2D eigenvalue weighted by Gasteiger charge is 2.01. The normalized spacial score (nSPS) is 10.3. The van der Waals surface area contributed by atoms with E-state index in [0.717, 1.165) is 34.9 Å². The lowest BCUT2D eigenvalue weighted by molar-refractivity contribution is -0.00000401. The summed E-state index contributed by atoms with van der Waals surface area (Å²) in [6.45, 7) is 1.90. The van der Waals surface area contributed by atoms with Crippen molar-refractivity contribution >= 4 is 27.7 Å². The van der Waals surface area contributed by atoms with Gasteiger partial charge in [0.05, 0.1) is 0 Å². The van der Waals surface area contributed by atoms with E-state index in [0.29, 0.717) is 0 Å². The number of hydrogen-bond acceptors (Lipinski definition) is 5. The molecule has 0 spiro atoms. The minimum atomic E-state index is 0. The van der Waals surface area contributed by atoms with Gasteiger partial charge in [0.2, 0.25) is 5.16 Å². The summed E-state index contributed by atoms with van der Waals surface area (Å²) in [5.41, 5.74) is 1.30. The van der Waals surface area contributed by atoms with E-state index in [1.165, 1.54) is 5.56 Å². The topological polar surface area (TPSA) is 55.6 Å². The number of halogens is 2. The summed E-state index contributed by atoms with van der Waals surface area (Å²) < 4.78 is 2.81. The number of rotatable bonds is 7. The van der Waals surface area contributed by atoms with Crippen LogP contribution < -0.4 is 17.7 Å². The molecular weight excluding hydrogens is 362 g/mol. The largest absolute Gasteiger partial charge is 1.00 e. The molecule has 0 aliphatic rings. The maximum atomic E-state index is 3.93. The predicted octanol–water partition coefficient (Wildman–Crippen LogP) is -0.751. The van der Waals surface area contributed by atoms with Crippen molar-refractivity contribution in [2.75, 3.05) is 12.3 Å². The van der Waals surface area contributed by atoms with Gasteiger partial charge in [-0.05, 0) is 41.1 Å². The van der Waals surface area contributed by atoms with E-state index in [1.54, 1.807) is 16.4 Å². The Bertz CT molecular complexity index is 505. The number of aromatic nitrogens is 4. The highest BCUT2D eigenvalue weighted by molar-refractivity contribution is 9.10. The summed E-state index contributed by atoms with van der Waals surface area (Å²) >= 11 is 5.11. The Hall–Kier alpha value is -0.630. The lowest BCUT2D eigenvalue weighted by Crippen LogP contribution is -3.00. The Morgan fingerprint density at radius 2 is 2.05 bits per heavy atom. The summed E-state index contributed by atoms with van der Waals surface area (Å²) in [5, 5.41) is 15.6. The fourth-order valence-corrected chi connectivity index (χ4v) is 2.59. The third-order valence-corrected chi connectivity index (χ3v) is 4.18. The van der Waals surface area contributed by atoms with E-state index in [4.69, 9.17) is 0 Å². The first-order valence-corrected chi connectivity index (χ1v) is 7.84. The Morgan fingerprint density at radius 3 is 2.70 bits per heavy atom. The summed E-state index contributed by atoms with van der Waals surface area (Å²) in [6, 6.07) is 8.37. The second-order valence-electron chi connectivity index (χ2n) is 4.09. The van der Waals surface area contributed by atoms with Gasteiger partial charge in [-0.2, -0.15) is 0 Å². The SMILES string of the molecule is Cn1nnnc1SCCCNCc1ccc(Br)cc1.[Cl-]. The number of aryl methyl sites for hydroxylation is 1. The number of benzene rings is 1. The molecule has 0 aliphatic carbocycles. The molecule has 0 saturated heterocycles. The first-order chi connectivity index (χ1) is 9.25. The highest BCUT2D eigenvalue weighted by atomic mass is 79.9. The van der Waals surface area contributed by atoms with Crippen LogP contribution >= 0.6 is 27.7 Å². The van der Waals surface area contributed by atoms with Gasteiger partial charge in [0, 0.05) is 23.8 Å². The van der Waals surface area contributed by atoms with E-state index in [1.807, 2.05) is 7.05 Å². The molecule has 0 fully saturated rings. The first kappa shape index (κ1) is 17.4. The Labute approximate surface area is 137 Å². The summed E-state index contributed by atoms with van der Waals surface area (Å²) in [5.74, 6) is 1.02. The lowest BCUT2D eigenvalue weighted by atomic mass is 10.2. The van der Waals surface area contributed by atoms with Crippen molar-refractivity contribution in [2.24, 2.45) is 7.05 Å². The van der Waals surface area contributed by atoms with Crippen molar-refractivity contribution in [3.05, 3.63) is 34.3 Å². The quantitative estimate of drug-likeness (QED) is 0.508. The second kappa shape index (κ2) is 9.33. The molecule has 2 rings (SSSR count). The van der Waals surface area contributed by atoms with Crippen molar-refractivity contribution in [3.63, 3.8) is 0 Å². The van der Waals surface area contributed by atoms with Gasteiger partial charge in [0.1, 0.15) is 0 Å². The molecule has 0 atom stereocenters. The van der Waals surface area contributed by atoms with Crippen molar-refractivity contribution in [3.8, 4) is 0 Å². The monoisotopic (exact) mass is 376 g/mol. The molecule has 8 heteroatoms. The van der Waals surface area contributed by atoms with Crippen LogP contribution in [0.4, 0.5) is 0 Å². The van der Waals surface area contributed by atoms with Crippen LogP contribution in [0.3, 0.4) is 0 Å². The van der Waals surface area contributed by atoms with Gasteiger partial charge in [0.25, 0.3) is 0 Å². The van der Waals surface area contributed by atoms with E-state index < -0.39 is 0 Å². The van der Waals surface area contributed by atoms with Gasteiger partial charge >= 0.3 is 0 Å². The zero-order valence-electron chi connectivity index (χ0n) is 11.1. The van der Waals surface area contributed by atoms with Crippen molar-refractivity contribution in [2.45, 2.75) is 18.1 Å². The number of nitrogens with zero attached hydrogens (tertiary/aromatic N) is 4. The third kappa shape index (κ3) is 5.78. The molecule has 0 radical (unpaired) electrons. The number of tetrazole rings is 1. The maximum absolute atomic E-state index is 3.93. The average molecular weight is 378 g/mol. The summed E-state index contributed by atoms with van der Waals surface area (Å²) in [4.78, 5) is 0. The van der Waals surface area contributed by atoms with Gasteiger partial charge in [-0.25, -0.2) is 4.68 Å². The number of hydrogen-bond donors (Lipinski definition) is 1. The molecule has 1 aromatic heterocycles. The van der Waals surface area contributed by atoms with Crippen LogP contribution in [0.15, 0.2) is 33.9 Å². The molecule has 20 heavy (non-hydrogen) atoms. The zero-order chi connectivity index (χ0) is 13.5. The Balaban J connectivity index is 0.00000200. The highest BCUT2D eigenvalue weighted by Crippen LogP contribution is 2.13. The standard InChI is InChI=1S/C12H16BrN5S.ClH/c1-18-12(15-16-17-18)19-8-2-7-14-9-10-3-5-11(13)6-4-10;/h3-6,14H,2,7-9H2,1H3;1H/p-1. The molecule has 110 valence electrons. The van der Waals surface area contributed by atoms with E-state index >= 15 is 0 Å². The van der Waals surface area contributed by atoms with Crippen LogP contribution in [0.2, 0.25) is 0 Å². The first-order valence-electron chi connectivity index (χ1n) is 6.06. The van der Waals surface area contributed by atoms with Crippen LogP contribution in [0.5, 0.6) is 0 Å². The van der Waals surface area contributed by atoms with Crippen molar-refractivity contribution in [1.82, 2.24) is 25.5 Å². The molecule has 1 heterocycles. The summed E-state index contributed by atoms with van der Waals surface area (Å²) in [6.07, 6.45) is 1.09. The smallest absolute Gasteiger partial charge is 0.209 e. The van der Waals surface area contributed by atoms with E-state index in [9.17, 15) is 0 Å². The number of nitrogens with one attached hydrogen (secondary N) is 1. The van der Waals surface area contributed by atoms with Crippen LogP contribution in [0, 0.1) is 0 Å². The molecule has 0 unspecified atom stereocenters. The van der Waals surface area contributed by atoms with Crippen LogP contribution in [-0.4, -0.2) is 32.5 Å². The van der Waals surface area contributed by atoms with Gasteiger partial charge in [-0.3, -0.25) is 0 Å². The minimum Gasteiger partial charge on any atom is -1.00 e. The molecule has 1 N–H and O–H groups in total. The predicted molar refractivity (Wildman–Crippen MR) is 80.0 cm³/mol. The average Bonchev–Trinajstić information content (AvgIpc) is 2.81. The van der Waals surface area contributed by atoms with Crippen LogP contribution in [-0.2, 0) is 13.6 Å². The van der Waals surface area contributed by atoms with Gasteiger partial charge < -0.3 is 17.7 Å². The van der Waals surface area contributed by atoms with E-state index in [2.05, 4.69) is 61.0 Å². The van der Waals surface area contributed by atoms with Gasteiger partial charge in [-0.1, -0.05) is 39.8 Å². The fraction of sp³-hybridized carbons (Fsp3) is 0.417. The van der Waals surface area contributed by atoms with Crippen molar-refractivity contribution in [1.29, 1.82) is 0 Å². The van der Waals surface area contributed by atoms with Crippen molar-refractivity contribution < 1.29 is 12.4 Å². The van der Waals surface area contributed by atoms with E-state index in [-0.39, 0.29) is 12.4 Å². The van der Waals surface area contributed by atoms with Crippen LogP contribution in [0.1, 0.15) is 12.0 Å². The molecule has 0 bridgehead atoms. The maximum Gasteiger partial charge on any atom is 0.209 e. The molecule has 0 aliphatic heterocycles. The minimum absolute atomic E-state index is 0. The number of thioether (sulfide) groups is 1. The molecule has 0 saturated carbocycles. The molecule has 0 amide bonds. The molecule has 2 aromatic rings. The van der Waals surface area contributed by atoms with Gasteiger partial charge in [0.15, 0.2) is 0 Å². The second-order valence-corrected chi connectivity index (χ2v) is 6.07. The summed E-state index contributed by atoms with van der Waals surface area (Å²) in [7, 11) is 1.86. The Morgan fingerprint density at radius 1 is 1.30 bits per heavy atom. The third-order valence-electron chi connectivity index (χ3n) is 2.55. The molecular formula is C12H16BrClN5S-. The van der Waals surface area contributed by atoms with Gasteiger partial charge in [-0.15, -0.1) is 5.10 Å². The Kier molecular flexibility index (Phi) is 8.13. The van der Waals surface area contributed by atoms with Crippen LogP contribution in [0.25, 0.3) is 0 Å². The molecule has 1 aromatic carbocycles. The molecule has 5 nitrogen and oxygen atoms in total.